The van der Waals surface area contributed by atoms with Crippen LogP contribution in [0.2, 0.25) is 0 Å². The van der Waals surface area contributed by atoms with E-state index < -0.39 is 11.6 Å². The zero-order valence-corrected chi connectivity index (χ0v) is 11.5. The number of hydrogen-bond acceptors (Lipinski definition) is 4. The zero-order valence-electron chi connectivity index (χ0n) is 11.5. The summed E-state index contributed by atoms with van der Waals surface area (Å²) >= 11 is 0. The van der Waals surface area contributed by atoms with Gasteiger partial charge in [0.15, 0.2) is 5.56 Å². The number of carboxylic acid groups (broad SMARTS) is 1. The number of nitrogens with zero attached hydrogens (tertiary/aromatic N) is 1. The fourth-order valence-electron chi connectivity index (χ4n) is 2.07. The molecule has 0 saturated heterocycles. The zero-order chi connectivity index (χ0) is 14.9. The highest BCUT2D eigenvalue weighted by molar-refractivity contribution is 5.88. The molecule has 0 bridgehead atoms. The van der Waals surface area contributed by atoms with E-state index in [0.29, 0.717) is 5.75 Å². The van der Waals surface area contributed by atoms with Crippen molar-refractivity contribution >= 4 is 5.97 Å². The number of rotatable bonds is 4. The van der Waals surface area contributed by atoms with Crippen molar-refractivity contribution in [3.05, 3.63) is 51.0 Å². The summed E-state index contributed by atoms with van der Waals surface area (Å²) in [6.45, 7) is 3.71. The van der Waals surface area contributed by atoms with Crippen LogP contribution in [0, 0.1) is 13.8 Å². The van der Waals surface area contributed by atoms with Crippen molar-refractivity contribution in [2.24, 2.45) is 0 Å². The number of carboxylic acids is 1. The van der Waals surface area contributed by atoms with E-state index in [4.69, 9.17) is 14.4 Å². The van der Waals surface area contributed by atoms with Crippen LogP contribution < -0.4 is 10.4 Å². The molecule has 0 atom stereocenters. The molecule has 106 valence electrons. The topological polar surface area (TPSA) is 81.7 Å². The standard InChI is InChI=1S/C14H15NO5/c1-8-4-5-11(19-3)10(6-8)7-15-9(2)12(13(16)17)14(18)20-15/h4-6H,7H2,1-3H3,(H,16,17). The molecular formula is C14H15NO5. The van der Waals surface area contributed by atoms with Crippen LogP contribution in [0.3, 0.4) is 0 Å². The minimum Gasteiger partial charge on any atom is -0.496 e. The highest BCUT2D eigenvalue weighted by atomic mass is 16.5. The van der Waals surface area contributed by atoms with Crippen molar-refractivity contribution < 1.29 is 19.2 Å². The second-order valence-corrected chi connectivity index (χ2v) is 4.50. The van der Waals surface area contributed by atoms with Crippen LogP contribution >= 0.6 is 0 Å². The van der Waals surface area contributed by atoms with Crippen LogP contribution in [0.15, 0.2) is 27.5 Å². The van der Waals surface area contributed by atoms with E-state index in [-0.39, 0.29) is 17.8 Å². The number of benzene rings is 1. The van der Waals surface area contributed by atoms with Crippen LogP contribution in [-0.2, 0) is 6.54 Å². The molecule has 1 N–H and O–H groups in total. The molecule has 2 aromatic rings. The Morgan fingerprint density at radius 3 is 2.65 bits per heavy atom. The van der Waals surface area contributed by atoms with Crippen LogP contribution in [0.25, 0.3) is 0 Å². The number of aryl methyl sites for hydroxylation is 1. The molecule has 0 unspecified atom stereocenters. The summed E-state index contributed by atoms with van der Waals surface area (Å²) < 4.78 is 11.5. The number of hydrogen-bond donors (Lipinski definition) is 1. The molecule has 2 rings (SSSR count). The molecule has 1 aromatic heterocycles. The van der Waals surface area contributed by atoms with Gasteiger partial charge in [-0.05, 0) is 19.9 Å². The second kappa shape index (κ2) is 5.24. The highest BCUT2D eigenvalue weighted by Crippen LogP contribution is 2.21. The summed E-state index contributed by atoms with van der Waals surface area (Å²) in [6.07, 6.45) is 0. The molecule has 20 heavy (non-hydrogen) atoms. The van der Waals surface area contributed by atoms with Gasteiger partial charge in [0, 0.05) is 5.56 Å². The highest BCUT2D eigenvalue weighted by Gasteiger charge is 2.20. The number of aromatic carboxylic acids is 1. The maximum absolute atomic E-state index is 11.5. The van der Waals surface area contributed by atoms with Crippen molar-refractivity contribution in [1.82, 2.24) is 4.74 Å². The molecule has 0 radical (unpaired) electrons. The third kappa shape index (κ3) is 2.45. The normalized spacial score (nSPS) is 10.6. The van der Waals surface area contributed by atoms with Gasteiger partial charge in [0.25, 0.3) is 0 Å². The lowest BCUT2D eigenvalue weighted by Gasteiger charge is -2.10. The summed E-state index contributed by atoms with van der Waals surface area (Å²) in [5.41, 5.74) is 0.946. The molecular weight excluding hydrogens is 262 g/mol. The lowest BCUT2D eigenvalue weighted by atomic mass is 10.1. The van der Waals surface area contributed by atoms with Gasteiger partial charge in [0.2, 0.25) is 0 Å². The van der Waals surface area contributed by atoms with Crippen molar-refractivity contribution in [2.75, 3.05) is 7.11 Å². The molecule has 1 heterocycles. The molecule has 0 amide bonds. The third-order valence-electron chi connectivity index (χ3n) is 3.10. The molecule has 0 saturated carbocycles. The van der Waals surface area contributed by atoms with Gasteiger partial charge in [0.1, 0.15) is 5.75 Å². The van der Waals surface area contributed by atoms with Gasteiger partial charge in [-0.3, -0.25) is 0 Å². The van der Waals surface area contributed by atoms with E-state index in [1.165, 1.54) is 11.7 Å². The number of carbonyl (C=O) groups is 1. The average molecular weight is 277 g/mol. The van der Waals surface area contributed by atoms with Gasteiger partial charge < -0.3 is 14.4 Å². The number of aromatic nitrogens is 1. The van der Waals surface area contributed by atoms with Crippen LogP contribution in [-0.4, -0.2) is 22.9 Å². The Hall–Kier alpha value is -2.50. The van der Waals surface area contributed by atoms with Crippen molar-refractivity contribution in [3.63, 3.8) is 0 Å². The predicted octanol–water partition coefficient (Wildman–Crippen LogP) is 1.81. The van der Waals surface area contributed by atoms with Gasteiger partial charge >= 0.3 is 11.6 Å². The van der Waals surface area contributed by atoms with Crippen molar-refractivity contribution in [2.45, 2.75) is 20.4 Å². The van der Waals surface area contributed by atoms with Gasteiger partial charge in [-0.1, -0.05) is 17.7 Å². The van der Waals surface area contributed by atoms with Crippen LogP contribution in [0.5, 0.6) is 5.75 Å². The lowest BCUT2D eigenvalue weighted by molar-refractivity contribution is 0.0693. The van der Waals surface area contributed by atoms with Gasteiger partial charge in [-0.15, -0.1) is 0 Å². The molecule has 1 aromatic carbocycles. The average Bonchev–Trinajstić information content (AvgIpc) is 2.64. The summed E-state index contributed by atoms with van der Waals surface area (Å²) in [7, 11) is 1.55. The smallest absolute Gasteiger partial charge is 0.372 e. The van der Waals surface area contributed by atoms with Crippen LogP contribution in [0.1, 0.15) is 27.2 Å². The van der Waals surface area contributed by atoms with Crippen molar-refractivity contribution in [3.8, 4) is 5.75 Å². The first-order valence-corrected chi connectivity index (χ1v) is 6.01. The first-order valence-electron chi connectivity index (χ1n) is 6.01. The Kier molecular flexibility index (Phi) is 3.65. The van der Waals surface area contributed by atoms with E-state index in [0.717, 1.165) is 11.1 Å². The largest absolute Gasteiger partial charge is 0.496 e. The van der Waals surface area contributed by atoms with Gasteiger partial charge in [0.05, 0.1) is 19.3 Å². The quantitative estimate of drug-likeness (QED) is 0.921. The van der Waals surface area contributed by atoms with E-state index in [9.17, 15) is 9.59 Å². The fourth-order valence-corrected chi connectivity index (χ4v) is 2.07. The van der Waals surface area contributed by atoms with E-state index in [1.807, 2.05) is 25.1 Å². The SMILES string of the molecule is COc1ccc(C)cc1Cn1oc(=O)c(C(=O)O)c1C. The minimum atomic E-state index is -1.29. The maximum atomic E-state index is 11.5. The first kappa shape index (κ1) is 13.9. The van der Waals surface area contributed by atoms with Gasteiger partial charge in [-0.2, -0.15) is 0 Å². The molecule has 0 aliphatic rings. The molecule has 0 fully saturated rings. The summed E-state index contributed by atoms with van der Waals surface area (Å²) in [6, 6.07) is 5.63. The van der Waals surface area contributed by atoms with E-state index in [1.54, 1.807) is 7.11 Å². The number of ether oxygens (including phenoxy) is 1. The Balaban J connectivity index is 2.46. The Labute approximate surface area is 115 Å². The lowest BCUT2D eigenvalue weighted by Crippen LogP contribution is -2.09. The second-order valence-electron chi connectivity index (χ2n) is 4.50. The third-order valence-corrected chi connectivity index (χ3v) is 3.10. The maximum Gasteiger partial charge on any atom is 0.372 e. The van der Waals surface area contributed by atoms with E-state index >= 15 is 0 Å². The predicted molar refractivity (Wildman–Crippen MR) is 71.5 cm³/mol. The Morgan fingerprint density at radius 2 is 2.10 bits per heavy atom. The monoisotopic (exact) mass is 277 g/mol. The summed E-state index contributed by atoms with van der Waals surface area (Å²) in [4.78, 5) is 22.5. The van der Waals surface area contributed by atoms with E-state index in [2.05, 4.69) is 0 Å². The van der Waals surface area contributed by atoms with Crippen molar-refractivity contribution in [1.29, 1.82) is 0 Å². The fraction of sp³-hybridized carbons (Fsp3) is 0.286. The molecule has 0 aliphatic carbocycles. The summed E-state index contributed by atoms with van der Waals surface area (Å²) in [5, 5.41) is 8.97. The van der Waals surface area contributed by atoms with Crippen LogP contribution in [0.4, 0.5) is 0 Å². The Bertz CT molecular complexity index is 711. The number of methoxy groups -OCH3 is 1. The summed E-state index contributed by atoms with van der Waals surface area (Å²) in [5.74, 6) is -0.630. The molecule has 0 spiro atoms. The van der Waals surface area contributed by atoms with Gasteiger partial charge in [-0.25, -0.2) is 14.3 Å². The molecule has 0 aliphatic heterocycles. The molecule has 6 nitrogen and oxygen atoms in total. The minimum absolute atomic E-state index is 0.235. The first-order chi connectivity index (χ1) is 9.43. The molecule has 6 heteroatoms. The Morgan fingerprint density at radius 1 is 1.40 bits per heavy atom.